The van der Waals surface area contributed by atoms with Crippen LogP contribution in [0.25, 0.3) is 0 Å². The van der Waals surface area contributed by atoms with Gasteiger partial charge in [-0.05, 0) is 44.0 Å². The van der Waals surface area contributed by atoms with Crippen LogP contribution in [0.4, 0.5) is 5.69 Å². The van der Waals surface area contributed by atoms with Crippen LogP contribution < -0.4 is 5.32 Å². The van der Waals surface area contributed by atoms with E-state index < -0.39 is 0 Å². The van der Waals surface area contributed by atoms with Crippen molar-refractivity contribution in [3.05, 3.63) is 64.7 Å². The van der Waals surface area contributed by atoms with Crippen molar-refractivity contribution in [2.24, 2.45) is 0 Å². The molecule has 2 rings (SSSR count). The van der Waals surface area contributed by atoms with Crippen LogP contribution in [0.1, 0.15) is 35.2 Å². The molecule has 0 radical (unpaired) electrons. The molecule has 2 aromatic rings. The van der Waals surface area contributed by atoms with Gasteiger partial charge in [0, 0.05) is 11.7 Å². The number of hydrogen-bond donors (Lipinski definition) is 2. The summed E-state index contributed by atoms with van der Waals surface area (Å²) in [5, 5.41) is 12.6. The molecule has 2 N–H and O–H groups in total. The maximum absolute atomic E-state index is 9.16. The SMILES string of the molecule is Cc1cc(C)cc(C(C)Nc2cccc(CO)c2)c1. The van der Waals surface area contributed by atoms with E-state index in [-0.39, 0.29) is 12.6 Å². The predicted octanol–water partition coefficient (Wildman–Crippen LogP) is 3.97. The Bertz CT molecular complexity index is 543. The summed E-state index contributed by atoms with van der Waals surface area (Å²) >= 11 is 0. The maximum atomic E-state index is 9.16. The summed E-state index contributed by atoms with van der Waals surface area (Å²) in [6, 6.07) is 14.7. The number of aliphatic hydroxyl groups is 1. The van der Waals surface area contributed by atoms with E-state index in [1.54, 1.807) is 0 Å². The van der Waals surface area contributed by atoms with Gasteiger partial charge in [-0.2, -0.15) is 0 Å². The van der Waals surface area contributed by atoms with E-state index in [0.29, 0.717) is 0 Å². The van der Waals surface area contributed by atoms with E-state index in [2.05, 4.69) is 44.3 Å². The normalized spacial score (nSPS) is 12.2. The summed E-state index contributed by atoms with van der Waals surface area (Å²) in [6.07, 6.45) is 0. The van der Waals surface area contributed by atoms with Gasteiger partial charge < -0.3 is 10.4 Å². The molecule has 0 aliphatic rings. The minimum Gasteiger partial charge on any atom is -0.392 e. The Labute approximate surface area is 115 Å². The molecule has 2 heteroatoms. The average molecular weight is 255 g/mol. The topological polar surface area (TPSA) is 32.3 Å². The summed E-state index contributed by atoms with van der Waals surface area (Å²) in [5.74, 6) is 0. The first kappa shape index (κ1) is 13.6. The summed E-state index contributed by atoms with van der Waals surface area (Å²) < 4.78 is 0. The van der Waals surface area contributed by atoms with Gasteiger partial charge in [-0.15, -0.1) is 0 Å². The lowest BCUT2D eigenvalue weighted by atomic mass is 10.0. The van der Waals surface area contributed by atoms with Crippen LogP contribution in [0.5, 0.6) is 0 Å². The number of rotatable bonds is 4. The molecule has 19 heavy (non-hydrogen) atoms. The number of aliphatic hydroxyl groups excluding tert-OH is 1. The van der Waals surface area contributed by atoms with Crippen molar-refractivity contribution in [2.75, 3.05) is 5.32 Å². The highest BCUT2D eigenvalue weighted by Gasteiger charge is 2.06. The summed E-state index contributed by atoms with van der Waals surface area (Å²) in [5.41, 5.74) is 5.82. The molecule has 1 atom stereocenters. The van der Waals surface area contributed by atoms with Crippen molar-refractivity contribution in [1.82, 2.24) is 0 Å². The van der Waals surface area contributed by atoms with Crippen LogP contribution in [0.15, 0.2) is 42.5 Å². The first-order chi connectivity index (χ1) is 9.08. The Hall–Kier alpha value is -1.80. The van der Waals surface area contributed by atoms with Gasteiger partial charge in [0.2, 0.25) is 0 Å². The second kappa shape index (κ2) is 5.89. The van der Waals surface area contributed by atoms with Gasteiger partial charge in [0.05, 0.1) is 6.61 Å². The van der Waals surface area contributed by atoms with E-state index in [0.717, 1.165) is 11.3 Å². The zero-order chi connectivity index (χ0) is 13.8. The molecule has 0 amide bonds. The second-order valence-corrected chi connectivity index (χ2v) is 5.15. The zero-order valence-electron chi connectivity index (χ0n) is 11.8. The molecule has 0 saturated carbocycles. The minimum atomic E-state index is 0.0768. The first-order valence-electron chi connectivity index (χ1n) is 6.63. The molecule has 0 saturated heterocycles. The first-order valence-corrected chi connectivity index (χ1v) is 6.63. The highest BCUT2D eigenvalue weighted by atomic mass is 16.3. The van der Waals surface area contributed by atoms with Crippen LogP contribution in [-0.2, 0) is 6.61 Å². The van der Waals surface area contributed by atoms with Crippen molar-refractivity contribution in [2.45, 2.75) is 33.4 Å². The Morgan fingerprint density at radius 1 is 1.05 bits per heavy atom. The third-order valence-corrected chi connectivity index (χ3v) is 3.24. The van der Waals surface area contributed by atoms with Crippen molar-refractivity contribution in [1.29, 1.82) is 0 Å². The molecule has 0 heterocycles. The van der Waals surface area contributed by atoms with Gasteiger partial charge in [0.15, 0.2) is 0 Å². The molecular formula is C17H21NO. The molecule has 0 spiro atoms. The minimum absolute atomic E-state index is 0.0768. The fourth-order valence-electron chi connectivity index (χ4n) is 2.35. The van der Waals surface area contributed by atoms with E-state index in [4.69, 9.17) is 5.11 Å². The largest absolute Gasteiger partial charge is 0.392 e. The highest BCUT2D eigenvalue weighted by Crippen LogP contribution is 2.22. The number of aryl methyl sites for hydroxylation is 2. The van der Waals surface area contributed by atoms with Crippen molar-refractivity contribution in [3.8, 4) is 0 Å². The number of benzene rings is 2. The average Bonchev–Trinajstić information content (AvgIpc) is 2.37. The summed E-state index contributed by atoms with van der Waals surface area (Å²) in [7, 11) is 0. The van der Waals surface area contributed by atoms with Crippen molar-refractivity contribution in [3.63, 3.8) is 0 Å². The summed E-state index contributed by atoms with van der Waals surface area (Å²) in [4.78, 5) is 0. The Balaban J connectivity index is 2.17. The maximum Gasteiger partial charge on any atom is 0.0682 e. The fraction of sp³-hybridized carbons (Fsp3) is 0.294. The van der Waals surface area contributed by atoms with Gasteiger partial charge >= 0.3 is 0 Å². The lowest BCUT2D eigenvalue weighted by molar-refractivity contribution is 0.282. The third-order valence-electron chi connectivity index (χ3n) is 3.24. The van der Waals surface area contributed by atoms with Crippen molar-refractivity contribution >= 4 is 5.69 Å². The fourth-order valence-corrected chi connectivity index (χ4v) is 2.35. The third kappa shape index (κ3) is 3.58. The molecule has 0 fully saturated rings. The van der Waals surface area contributed by atoms with Gasteiger partial charge in [-0.1, -0.05) is 41.5 Å². The number of nitrogens with one attached hydrogen (secondary N) is 1. The van der Waals surface area contributed by atoms with Gasteiger partial charge in [0.1, 0.15) is 0 Å². The van der Waals surface area contributed by atoms with Gasteiger partial charge in [0.25, 0.3) is 0 Å². The molecule has 2 nitrogen and oxygen atoms in total. The van der Waals surface area contributed by atoms with Crippen LogP contribution in [0, 0.1) is 13.8 Å². The Kier molecular flexibility index (Phi) is 4.23. The van der Waals surface area contributed by atoms with Crippen LogP contribution in [0.3, 0.4) is 0 Å². The van der Waals surface area contributed by atoms with E-state index in [1.807, 2.05) is 24.3 Å². The summed E-state index contributed by atoms with van der Waals surface area (Å²) in [6.45, 7) is 6.47. The van der Waals surface area contributed by atoms with Crippen LogP contribution >= 0.6 is 0 Å². The Morgan fingerprint density at radius 3 is 2.37 bits per heavy atom. The monoisotopic (exact) mass is 255 g/mol. The predicted molar refractivity (Wildman–Crippen MR) is 80.3 cm³/mol. The molecule has 0 aliphatic heterocycles. The molecule has 0 aliphatic carbocycles. The molecular weight excluding hydrogens is 234 g/mol. The number of anilines is 1. The smallest absolute Gasteiger partial charge is 0.0682 e. The lowest BCUT2D eigenvalue weighted by Gasteiger charge is -2.17. The van der Waals surface area contributed by atoms with E-state index >= 15 is 0 Å². The van der Waals surface area contributed by atoms with Crippen LogP contribution in [0.2, 0.25) is 0 Å². The lowest BCUT2D eigenvalue weighted by Crippen LogP contribution is -2.07. The van der Waals surface area contributed by atoms with Gasteiger partial charge in [-0.3, -0.25) is 0 Å². The molecule has 2 aromatic carbocycles. The van der Waals surface area contributed by atoms with Crippen molar-refractivity contribution < 1.29 is 5.11 Å². The van der Waals surface area contributed by atoms with Gasteiger partial charge in [-0.25, -0.2) is 0 Å². The number of hydrogen-bond acceptors (Lipinski definition) is 2. The van der Waals surface area contributed by atoms with E-state index in [1.165, 1.54) is 16.7 Å². The molecule has 0 bridgehead atoms. The van der Waals surface area contributed by atoms with Crippen LogP contribution in [-0.4, -0.2) is 5.11 Å². The van der Waals surface area contributed by atoms with E-state index in [9.17, 15) is 0 Å². The Morgan fingerprint density at radius 2 is 1.74 bits per heavy atom. The standard InChI is InChI=1S/C17H21NO/c1-12-7-13(2)9-16(8-12)14(3)18-17-6-4-5-15(10-17)11-19/h4-10,14,18-19H,11H2,1-3H3. The molecule has 1 unspecified atom stereocenters. The molecule has 100 valence electrons. The molecule has 0 aromatic heterocycles. The zero-order valence-corrected chi connectivity index (χ0v) is 11.8. The highest BCUT2D eigenvalue weighted by molar-refractivity contribution is 5.48. The quantitative estimate of drug-likeness (QED) is 0.866. The second-order valence-electron chi connectivity index (χ2n) is 5.15.